The van der Waals surface area contributed by atoms with E-state index in [1.165, 1.54) is 0 Å². The molecule has 3 aromatic rings. The topological polar surface area (TPSA) is 51.5 Å². The van der Waals surface area contributed by atoms with E-state index in [0.717, 1.165) is 16.9 Å². The Kier molecular flexibility index (Phi) is 5.86. The highest BCUT2D eigenvalue weighted by molar-refractivity contribution is 6.30. The van der Waals surface area contributed by atoms with Gasteiger partial charge in [0.05, 0.1) is 6.54 Å². The smallest absolute Gasteiger partial charge is 0.258 e. The maximum absolute atomic E-state index is 12.0. The van der Waals surface area contributed by atoms with Gasteiger partial charge in [-0.15, -0.1) is 0 Å². The van der Waals surface area contributed by atoms with Crippen molar-refractivity contribution in [2.75, 3.05) is 6.61 Å². The summed E-state index contributed by atoms with van der Waals surface area (Å²) < 4.78 is 11.3. The fourth-order valence-electron chi connectivity index (χ4n) is 2.40. The summed E-state index contributed by atoms with van der Waals surface area (Å²) in [6, 6.07) is 16.3. The highest BCUT2D eigenvalue weighted by Crippen LogP contribution is 2.24. The molecule has 0 aliphatic rings. The van der Waals surface area contributed by atoms with E-state index >= 15 is 0 Å². The lowest BCUT2D eigenvalue weighted by atomic mass is 10.2. The van der Waals surface area contributed by atoms with Crippen molar-refractivity contribution in [3.63, 3.8) is 0 Å². The number of rotatable bonds is 6. The number of benzene rings is 2. The number of carbonyl (C=O) groups excluding carboxylic acids is 1. The fourth-order valence-corrected chi connectivity index (χ4v) is 2.75. The van der Waals surface area contributed by atoms with Gasteiger partial charge in [-0.05, 0) is 67.1 Å². The monoisotopic (exact) mass is 389 g/mol. The van der Waals surface area contributed by atoms with E-state index < -0.39 is 0 Å². The summed E-state index contributed by atoms with van der Waals surface area (Å²) in [5, 5.41) is 4.07. The van der Waals surface area contributed by atoms with Crippen molar-refractivity contribution in [2.24, 2.45) is 0 Å². The zero-order valence-electron chi connectivity index (χ0n) is 14.1. The quantitative estimate of drug-likeness (QED) is 0.625. The summed E-state index contributed by atoms with van der Waals surface area (Å²) in [6.45, 7) is 2.09. The highest BCUT2D eigenvalue weighted by Gasteiger charge is 2.08. The van der Waals surface area contributed by atoms with Gasteiger partial charge in [0.25, 0.3) is 5.91 Å². The van der Waals surface area contributed by atoms with Crippen LogP contribution in [0.4, 0.5) is 0 Å². The normalized spacial score (nSPS) is 10.6. The van der Waals surface area contributed by atoms with Crippen molar-refractivity contribution < 1.29 is 13.9 Å². The largest absolute Gasteiger partial charge is 0.484 e. The fraction of sp³-hybridized carbons (Fsp3) is 0.150. The van der Waals surface area contributed by atoms with Crippen LogP contribution in [0.2, 0.25) is 10.0 Å². The lowest BCUT2D eigenvalue weighted by Gasteiger charge is -2.09. The van der Waals surface area contributed by atoms with Crippen LogP contribution in [-0.2, 0) is 11.3 Å². The lowest BCUT2D eigenvalue weighted by molar-refractivity contribution is -0.123. The predicted molar refractivity (Wildman–Crippen MR) is 103 cm³/mol. The molecule has 134 valence electrons. The summed E-state index contributed by atoms with van der Waals surface area (Å²) >= 11 is 11.8. The van der Waals surface area contributed by atoms with Crippen LogP contribution in [0.15, 0.2) is 59.0 Å². The molecule has 0 aliphatic carbocycles. The van der Waals surface area contributed by atoms with Gasteiger partial charge in [-0.25, -0.2) is 0 Å². The van der Waals surface area contributed by atoms with E-state index in [1.807, 2.05) is 31.2 Å². The van der Waals surface area contributed by atoms with Crippen LogP contribution in [0.5, 0.6) is 5.75 Å². The predicted octanol–water partition coefficient (Wildman–Crippen LogP) is 5.26. The van der Waals surface area contributed by atoms with E-state index in [0.29, 0.717) is 21.6 Å². The minimum atomic E-state index is -0.233. The van der Waals surface area contributed by atoms with Crippen molar-refractivity contribution >= 4 is 29.1 Å². The zero-order chi connectivity index (χ0) is 18.5. The molecule has 1 aromatic heterocycles. The van der Waals surface area contributed by atoms with Gasteiger partial charge in [0.1, 0.15) is 17.3 Å². The summed E-state index contributed by atoms with van der Waals surface area (Å²) in [5.41, 5.74) is 1.80. The molecule has 1 heterocycles. The van der Waals surface area contributed by atoms with Gasteiger partial charge >= 0.3 is 0 Å². The molecule has 2 aromatic carbocycles. The maximum Gasteiger partial charge on any atom is 0.258 e. The number of hydrogen-bond acceptors (Lipinski definition) is 3. The highest BCUT2D eigenvalue weighted by atomic mass is 35.5. The van der Waals surface area contributed by atoms with Gasteiger partial charge in [-0.1, -0.05) is 23.2 Å². The molecule has 0 spiro atoms. The van der Waals surface area contributed by atoms with Crippen molar-refractivity contribution in [3.05, 3.63) is 76.0 Å². The number of nitrogens with one attached hydrogen (secondary N) is 1. The average molecular weight is 390 g/mol. The first-order valence-electron chi connectivity index (χ1n) is 8.01. The molecular weight excluding hydrogens is 373 g/mol. The van der Waals surface area contributed by atoms with Crippen LogP contribution in [0.3, 0.4) is 0 Å². The number of halogens is 2. The molecular formula is C20H17Cl2NO3. The summed E-state index contributed by atoms with van der Waals surface area (Å²) in [5.74, 6) is 1.78. The molecule has 4 nitrogen and oxygen atoms in total. The Hall–Kier alpha value is -2.43. The van der Waals surface area contributed by atoms with E-state index in [2.05, 4.69) is 5.32 Å². The third-order valence-corrected chi connectivity index (χ3v) is 4.23. The third kappa shape index (κ3) is 4.81. The SMILES string of the molecule is Cc1cc(Cl)ccc1OCC(=O)NCc1ccc(-c2ccc(Cl)cc2)o1. The first-order chi connectivity index (χ1) is 12.5. The molecule has 3 rings (SSSR count). The van der Waals surface area contributed by atoms with Gasteiger partial charge < -0.3 is 14.5 Å². The second-order valence-electron chi connectivity index (χ2n) is 5.75. The molecule has 0 atom stereocenters. The first kappa shape index (κ1) is 18.4. The minimum Gasteiger partial charge on any atom is -0.484 e. The molecule has 0 saturated carbocycles. The number of amides is 1. The second kappa shape index (κ2) is 8.30. The Bertz CT molecular complexity index is 904. The van der Waals surface area contributed by atoms with Crippen LogP contribution in [0.25, 0.3) is 11.3 Å². The van der Waals surface area contributed by atoms with Crippen LogP contribution < -0.4 is 10.1 Å². The van der Waals surface area contributed by atoms with E-state index in [4.69, 9.17) is 32.4 Å². The third-order valence-electron chi connectivity index (χ3n) is 3.75. The first-order valence-corrected chi connectivity index (χ1v) is 8.77. The Morgan fingerprint density at radius 2 is 1.77 bits per heavy atom. The number of furan rings is 1. The summed E-state index contributed by atoms with van der Waals surface area (Å²) in [4.78, 5) is 12.0. The van der Waals surface area contributed by atoms with Crippen LogP contribution in [-0.4, -0.2) is 12.5 Å². The molecule has 0 bridgehead atoms. The van der Waals surface area contributed by atoms with Crippen LogP contribution >= 0.6 is 23.2 Å². The van der Waals surface area contributed by atoms with Gasteiger partial charge in [0.2, 0.25) is 0 Å². The van der Waals surface area contributed by atoms with Crippen molar-refractivity contribution in [3.8, 4) is 17.1 Å². The molecule has 0 saturated heterocycles. The lowest BCUT2D eigenvalue weighted by Crippen LogP contribution is -2.28. The van der Waals surface area contributed by atoms with Gasteiger partial charge in [0.15, 0.2) is 6.61 Å². The van der Waals surface area contributed by atoms with E-state index in [1.54, 1.807) is 30.3 Å². The maximum atomic E-state index is 12.0. The number of aryl methyl sites for hydroxylation is 1. The number of carbonyl (C=O) groups is 1. The molecule has 0 aliphatic heterocycles. The average Bonchev–Trinajstić information content (AvgIpc) is 3.09. The van der Waals surface area contributed by atoms with Gasteiger partial charge in [-0.2, -0.15) is 0 Å². The number of ether oxygens (including phenoxy) is 1. The van der Waals surface area contributed by atoms with E-state index in [9.17, 15) is 4.79 Å². The summed E-state index contributed by atoms with van der Waals surface area (Å²) in [7, 11) is 0. The van der Waals surface area contributed by atoms with Crippen molar-refractivity contribution in [1.82, 2.24) is 5.32 Å². The van der Waals surface area contributed by atoms with Gasteiger partial charge in [0, 0.05) is 15.6 Å². The summed E-state index contributed by atoms with van der Waals surface area (Å²) in [6.07, 6.45) is 0. The standard InChI is InChI=1S/C20H17Cl2NO3/c1-13-10-16(22)6-8-18(13)25-12-20(24)23-11-17-7-9-19(26-17)14-2-4-15(21)5-3-14/h2-10H,11-12H2,1H3,(H,23,24). The van der Waals surface area contributed by atoms with Crippen molar-refractivity contribution in [1.29, 1.82) is 0 Å². The Morgan fingerprint density at radius 3 is 2.50 bits per heavy atom. The molecule has 1 N–H and O–H groups in total. The van der Waals surface area contributed by atoms with E-state index in [-0.39, 0.29) is 19.1 Å². The Labute approximate surface area is 161 Å². The zero-order valence-corrected chi connectivity index (χ0v) is 15.6. The van der Waals surface area contributed by atoms with Gasteiger partial charge in [-0.3, -0.25) is 4.79 Å². The molecule has 1 amide bonds. The minimum absolute atomic E-state index is 0.0762. The molecule has 0 radical (unpaired) electrons. The Morgan fingerprint density at radius 1 is 1.04 bits per heavy atom. The molecule has 26 heavy (non-hydrogen) atoms. The Balaban J connectivity index is 1.51. The number of hydrogen-bond donors (Lipinski definition) is 1. The molecule has 6 heteroatoms. The van der Waals surface area contributed by atoms with Crippen LogP contribution in [0, 0.1) is 6.92 Å². The van der Waals surface area contributed by atoms with Crippen LogP contribution in [0.1, 0.15) is 11.3 Å². The molecule has 0 fully saturated rings. The second-order valence-corrected chi connectivity index (χ2v) is 6.62. The van der Waals surface area contributed by atoms with Crippen molar-refractivity contribution in [2.45, 2.75) is 13.5 Å². The molecule has 0 unspecified atom stereocenters.